The van der Waals surface area contributed by atoms with Crippen molar-refractivity contribution in [1.29, 1.82) is 0 Å². The second kappa shape index (κ2) is 9.55. The van der Waals surface area contributed by atoms with Crippen molar-refractivity contribution in [1.82, 2.24) is 4.98 Å². The summed E-state index contributed by atoms with van der Waals surface area (Å²) in [5.41, 5.74) is 0.105. The number of pyridine rings is 1. The van der Waals surface area contributed by atoms with E-state index in [4.69, 9.17) is 4.98 Å². The maximum atomic E-state index is 13.7. The predicted molar refractivity (Wildman–Crippen MR) is 129 cm³/mol. The molecule has 3 aromatic rings. The normalized spacial score (nSPS) is 15.3. The molecule has 0 fully saturated rings. The number of rotatable bonds is 8. The highest BCUT2D eigenvalue weighted by atomic mass is 31.1. The van der Waals surface area contributed by atoms with Crippen molar-refractivity contribution in [3.05, 3.63) is 90.3 Å². The Labute approximate surface area is 198 Å². The van der Waals surface area contributed by atoms with Crippen molar-refractivity contribution in [2.24, 2.45) is 0 Å². The van der Waals surface area contributed by atoms with Crippen LogP contribution in [0.3, 0.4) is 0 Å². The SMILES string of the molecule is C=CC(C(=O)O)([P+](=O)O)C(C)(O)c1c(C(C)C)cc(-c2ccccc2)nc1-c1ccc(F)cc1. The predicted octanol–water partition coefficient (Wildman–Crippen LogP) is 5.63. The minimum atomic E-state index is -3.47. The van der Waals surface area contributed by atoms with Gasteiger partial charge in [0, 0.05) is 16.7 Å². The summed E-state index contributed by atoms with van der Waals surface area (Å²) in [5, 5.41) is 19.2. The lowest BCUT2D eigenvalue weighted by Crippen LogP contribution is -2.52. The summed E-state index contributed by atoms with van der Waals surface area (Å²) in [7, 11) is -3.47. The molecule has 3 rings (SSSR count). The topological polar surface area (TPSA) is 108 Å². The van der Waals surface area contributed by atoms with E-state index in [1.165, 1.54) is 31.2 Å². The first-order valence-corrected chi connectivity index (χ1v) is 11.8. The molecule has 0 aliphatic heterocycles. The molecule has 0 bridgehead atoms. The highest BCUT2D eigenvalue weighted by Crippen LogP contribution is 2.53. The molecule has 0 spiro atoms. The van der Waals surface area contributed by atoms with Crippen molar-refractivity contribution >= 4 is 14.0 Å². The van der Waals surface area contributed by atoms with Gasteiger partial charge in [-0.05, 0) is 59.4 Å². The van der Waals surface area contributed by atoms with Gasteiger partial charge in [0.15, 0.2) is 5.60 Å². The van der Waals surface area contributed by atoms with E-state index in [0.717, 1.165) is 11.6 Å². The van der Waals surface area contributed by atoms with Crippen LogP contribution in [0.1, 0.15) is 37.8 Å². The van der Waals surface area contributed by atoms with Crippen LogP contribution >= 0.6 is 8.03 Å². The van der Waals surface area contributed by atoms with Gasteiger partial charge in [0.1, 0.15) is 5.82 Å². The highest BCUT2D eigenvalue weighted by molar-refractivity contribution is 7.42. The van der Waals surface area contributed by atoms with E-state index in [1.54, 1.807) is 6.07 Å². The number of aliphatic carboxylic acids is 1. The first-order chi connectivity index (χ1) is 16.0. The third-order valence-electron chi connectivity index (χ3n) is 6.01. The molecule has 176 valence electrons. The van der Waals surface area contributed by atoms with E-state index in [0.29, 0.717) is 16.8 Å². The number of hydrogen-bond donors (Lipinski definition) is 3. The Kier molecular flexibility index (Phi) is 7.13. The van der Waals surface area contributed by atoms with E-state index < -0.39 is 30.6 Å². The lowest BCUT2D eigenvalue weighted by Gasteiger charge is -2.35. The zero-order valence-corrected chi connectivity index (χ0v) is 20.0. The van der Waals surface area contributed by atoms with Crippen molar-refractivity contribution in [3.8, 4) is 22.5 Å². The number of benzene rings is 2. The largest absolute Gasteiger partial charge is 0.531 e. The van der Waals surface area contributed by atoms with E-state index in [2.05, 4.69) is 6.58 Å². The second-order valence-electron chi connectivity index (χ2n) is 8.47. The van der Waals surface area contributed by atoms with Crippen LogP contribution in [-0.4, -0.2) is 31.2 Å². The van der Waals surface area contributed by atoms with Gasteiger partial charge in [-0.25, -0.2) is 14.2 Å². The number of carboxylic acids is 1. The summed E-state index contributed by atoms with van der Waals surface area (Å²) in [5.74, 6) is -2.42. The number of carboxylic acid groups (broad SMARTS) is 1. The number of aliphatic hydroxyl groups is 1. The standard InChI is InChI=1S/C26H25FNO5P/c1-5-26(24(29)30,34(32)33)25(4,31)22-20(16(2)3)15-21(17-9-7-6-8-10-17)28-23(22)18-11-13-19(27)14-12-18/h5-16,31H,1H2,2-4H3,(H-,29,30,32,33)/p+1. The zero-order valence-electron chi connectivity index (χ0n) is 19.1. The molecule has 3 unspecified atom stereocenters. The van der Waals surface area contributed by atoms with Crippen LogP contribution in [0.4, 0.5) is 4.39 Å². The Morgan fingerprint density at radius 1 is 1.12 bits per heavy atom. The fourth-order valence-electron chi connectivity index (χ4n) is 4.14. The van der Waals surface area contributed by atoms with Crippen molar-refractivity contribution in [2.75, 3.05) is 0 Å². The Morgan fingerprint density at radius 3 is 2.18 bits per heavy atom. The van der Waals surface area contributed by atoms with Crippen LogP contribution in [0.5, 0.6) is 0 Å². The van der Waals surface area contributed by atoms with Gasteiger partial charge in [-0.15, -0.1) is 0 Å². The van der Waals surface area contributed by atoms with Gasteiger partial charge < -0.3 is 10.2 Å². The lowest BCUT2D eigenvalue weighted by molar-refractivity contribution is -0.145. The smallest absolute Gasteiger partial charge is 0.477 e. The Bertz CT molecular complexity index is 1230. The number of carbonyl (C=O) groups is 1. The summed E-state index contributed by atoms with van der Waals surface area (Å²) in [6, 6.07) is 16.4. The maximum absolute atomic E-state index is 13.7. The summed E-state index contributed by atoms with van der Waals surface area (Å²) in [6.45, 7) is 8.35. The molecule has 0 saturated heterocycles. The summed E-state index contributed by atoms with van der Waals surface area (Å²) in [4.78, 5) is 27.2. The molecule has 0 aliphatic rings. The van der Waals surface area contributed by atoms with Gasteiger partial charge in [0.05, 0.1) is 11.4 Å². The maximum Gasteiger partial charge on any atom is 0.531 e. The molecule has 2 aromatic carbocycles. The van der Waals surface area contributed by atoms with Crippen LogP contribution in [0.2, 0.25) is 0 Å². The van der Waals surface area contributed by atoms with Gasteiger partial charge in [-0.1, -0.05) is 50.8 Å². The van der Waals surface area contributed by atoms with E-state index in [-0.39, 0.29) is 17.2 Å². The molecular weight excluding hydrogens is 456 g/mol. The molecule has 3 atom stereocenters. The van der Waals surface area contributed by atoms with Crippen LogP contribution in [0, 0.1) is 5.82 Å². The summed E-state index contributed by atoms with van der Waals surface area (Å²) in [6.07, 6.45) is 0.789. The number of aromatic nitrogens is 1. The molecular formula is C26H26FNO5P+. The van der Waals surface area contributed by atoms with Crippen LogP contribution in [0.25, 0.3) is 22.5 Å². The van der Waals surface area contributed by atoms with Gasteiger partial charge in [-0.3, -0.25) is 0 Å². The molecule has 0 amide bonds. The first kappa shape index (κ1) is 25.4. The third-order valence-corrected chi connectivity index (χ3v) is 7.42. The Balaban J connectivity index is 2.50. The second-order valence-corrected chi connectivity index (χ2v) is 9.72. The van der Waals surface area contributed by atoms with E-state index >= 15 is 0 Å². The Morgan fingerprint density at radius 2 is 1.71 bits per heavy atom. The quantitative estimate of drug-likeness (QED) is 0.284. The molecule has 3 N–H and O–H groups in total. The number of halogens is 1. The van der Waals surface area contributed by atoms with Crippen LogP contribution in [-0.2, 0) is 15.0 Å². The van der Waals surface area contributed by atoms with E-state index in [1.807, 2.05) is 44.2 Å². The molecule has 6 nitrogen and oxygen atoms in total. The fraction of sp³-hybridized carbons (Fsp3) is 0.231. The molecule has 8 heteroatoms. The number of hydrogen-bond acceptors (Lipinski definition) is 4. The monoisotopic (exact) mass is 482 g/mol. The van der Waals surface area contributed by atoms with Gasteiger partial charge in [0.2, 0.25) is 0 Å². The third kappa shape index (κ3) is 4.18. The Hall–Kier alpha value is -3.25. The molecule has 0 saturated carbocycles. The van der Waals surface area contributed by atoms with E-state index in [9.17, 15) is 28.9 Å². The zero-order chi connectivity index (χ0) is 25.3. The first-order valence-electron chi connectivity index (χ1n) is 10.6. The van der Waals surface area contributed by atoms with Crippen LogP contribution < -0.4 is 0 Å². The number of nitrogens with zero attached hydrogens (tertiary/aromatic N) is 1. The molecule has 0 aliphatic carbocycles. The minimum Gasteiger partial charge on any atom is -0.477 e. The van der Waals surface area contributed by atoms with Gasteiger partial charge in [0.25, 0.3) is 0 Å². The summed E-state index contributed by atoms with van der Waals surface area (Å²) >= 11 is 0. The molecule has 34 heavy (non-hydrogen) atoms. The average molecular weight is 482 g/mol. The molecule has 1 aromatic heterocycles. The molecule has 1 heterocycles. The fourth-order valence-corrected chi connectivity index (χ4v) is 4.94. The van der Waals surface area contributed by atoms with Crippen molar-refractivity contribution < 1.29 is 28.9 Å². The van der Waals surface area contributed by atoms with Crippen molar-refractivity contribution in [3.63, 3.8) is 0 Å². The minimum absolute atomic E-state index is 0.0634. The van der Waals surface area contributed by atoms with Gasteiger partial charge >= 0.3 is 19.2 Å². The highest BCUT2D eigenvalue weighted by Gasteiger charge is 2.68. The molecule has 0 radical (unpaired) electrons. The lowest BCUT2D eigenvalue weighted by atomic mass is 9.75. The van der Waals surface area contributed by atoms with Crippen LogP contribution in [0.15, 0.2) is 73.3 Å². The van der Waals surface area contributed by atoms with Crippen molar-refractivity contribution in [2.45, 2.75) is 37.4 Å². The van der Waals surface area contributed by atoms with Gasteiger partial charge in [-0.2, -0.15) is 4.89 Å². The average Bonchev–Trinajstić information content (AvgIpc) is 2.79. The summed E-state index contributed by atoms with van der Waals surface area (Å²) < 4.78 is 26.2.